The van der Waals surface area contributed by atoms with Gasteiger partial charge in [0.1, 0.15) is 12.2 Å². The second kappa shape index (κ2) is 9.89. The zero-order valence-electron chi connectivity index (χ0n) is 16.1. The van der Waals surface area contributed by atoms with Gasteiger partial charge in [0.2, 0.25) is 0 Å². The fraction of sp³-hybridized carbons (Fsp3) is 0.217. The Morgan fingerprint density at radius 2 is 1.97 bits per heavy atom. The first-order valence-electron chi connectivity index (χ1n) is 9.48. The van der Waals surface area contributed by atoms with E-state index in [-0.39, 0.29) is 5.92 Å². The Hall–Kier alpha value is -3.12. The Morgan fingerprint density at radius 3 is 2.66 bits per heavy atom. The summed E-state index contributed by atoms with van der Waals surface area (Å²) in [5.74, 6) is 0.212. The van der Waals surface area contributed by atoms with E-state index < -0.39 is 5.97 Å². The first-order chi connectivity index (χ1) is 14.1. The number of carboxylic acids is 1. The van der Waals surface area contributed by atoms with Gasteiger partial charge in [-0.15, -0.1) is 6.58 Å². The highest BCUT2D eigenvalue weighted by molar-refractivity contribution is 7.78. The van der Waals surface area contributed by atoms with Crippen molar-refractivity contribution in [3.63, 3.8) is 0 Å². The lowest BCUT2D eigenvalue weighted by Crippen LogP contribution is -2.12. The molecule has 1 N–H and O–H groups in total. The molecule has 1 atom stereocenters. The molecule has 1 unspecified atom stereocenters. The average Bonchev–Trinajstić information content (AvgIpc) is 3.19. The molecule has 0 fully saturated rings. The van der Waals surface area contributed by atoms with Crippen LogP contribution in [0.4, 0.5) is 0 Å². The molecule has 3 aromatic rings. The van der Waals surface area contributed by atoms with Gasteiger partial charge in [-0.25, -0.2) is 14.5 Å². The Labute approximate surface area is 175 Å². The Kier molecular flexibility index (Phi) is 7.03. The maximum atomic E-state index is 11.5. The highest BCUT2D eigenvalue weighted by Gasteiger charge is 2.17. The number of aromatic carboxylic acids is 1. The molecule has 0 saturated heterocycles. The van der Waals surface area contributed by atoms with Gasteiger partial charge in [-0.1, -0.05) is 60.8 Å². The first kappa shape index (κ1) is 20.6. The molecule has 0 aliphatic carbocycles. The summed E-state index contributed by atoms with van der Waals surface area (Å²) >= 11 is 5.07. The van der Waals surface area contributed by atoms with Crippen LogP contribution in [0.2, 0.25) is 0 Å². The number of thiocarbonyl (C=S) groups is 1. The second-order valence-electron chi connectivity index (χ2n) is 6.79. The van der Waals surface area contributed by atoms with Crippen LogP contribution in [0.15, 0.2) is 67.5 Å². The normalized spacial score (nSPS) is 11.7. The van der Waals surface area contributed by atoms with E-state index in [1.54, 1.807) is 23.8 Å². The Balaban J connectivity index is 1.81. The lowest BCUT2D eigenvalue weighted by Gasteiger charge is -2.15. The van der Waals surface area contributed by atoms with Crippen LogP contribution < -0.4 is 0 Å². The van der Waals surface area contributed by atoms with E-state index in [0.29, 0.717) is 17.7 Å². The summed E-state index contributed by atoms with van der Waals surface area (Å²) in [6.07, 6.45) is 6.09. The predicted molar refractivity (Wildman–Crippen MR) is 118 cm³/mol. The third-order valence-corrected chi connectivity index (χ3v) is 5.06. The SMILES string of the molecule is C=CCCC(CC=S)c1ncnn1Cc1ccc(-c2ccccc2C(=O)O)cc1. The summed E-state index contributed by atoms with van der Waals surface area (Å²) in [6.45, 7) is 4.39. The van der Waals surface area contributed by atoms with Crippen molar-refractivity contribution in [3.8, 4) is 11.1 Å². The summed E-state index contributed by atoms with van der Waals surface area (Å²) in [7, 11) is 0. The van der Waals surface area contributed by atoms with Crippen molar-refractivity contribution in [1.82, 2.24) is 14.8 Å². The number of carbonyl (C=O) groups is 1. The van der Waals surface area contributed by atoms with E-state index in [0.717, 1.165) is 36.2 Å². The van der Waals surface area contributed by atoms with Crippen LogP contribution in [0, 0.1) is 0 Å². The highest BCUT2D eigenvalue weighted by atomic mass is 32.1. The maximum Gasteiger partial charge on any atom is 0.336 e. The van der Waals surface area contributed by atoms with Crippen molar-refractivity contribution in [1.29, 1.82) is 0 Å². The molecule has 0 saturated carbocycles. The fourth-order valence-corrected chi connectivity index (χ4v) is 3.61. The minimum atomic E-state index is -0.930. The van der Waals surface area contributed by atoms with E-state index in [9.17, 15) is 9.90 Å². The molecule has 2 aromatic carbocycles. The van der Waals surface area contributed by atoms with Crippen molar-refractivity contribution >= 4 is 23.6 Å². The fourth-order valence-electron chi connectivity index (χ4n) is 3.38. The van der Waals surface area contributed by atoms with Gasteiger partial charge in [0.25, 0.3) is 0 Å². The maximum absolute atomic E-state index is 11.5. The molecule has 29 heavy (non-hydrogen) atoms. The average molecular weight is 406 g/mol. The summed E-state index contributed by atoms with van der Waals surface area (Å²) in [6, 6.07) is 14.9. The van der Waals surface area contributed by atoms with Crippen LogP contribution in [-0.4, -0.2) is 31.2 Å². The molecule has 0 bridgehead atoms. The van der Waals surface area contributed by atoms with Crippen LogP contribution >= 0.6 is 12.2 Å². The zero-order valence-corrected chi connectivity index (χ0v) is 16.9. The number of benzene rings is 2. The second-order valence-corrected chi connectivity index (χ2v) is 7.12. The van der Waals surface area contributed by atoms with Crippen LogP contribution in [-0.2, 0) is 6.54 Å². The topological polar surface area (TPSA) is 68.0 Å². The van der Waals surface area contributed by atoms with E-state index in [4.69, 9.17) is 12.2 Å². The minimum absolute atomic E-state index is 0.217. The van der Waals surface area contributed by atoms with Crippen molar-refractivity contribution in [3.05, 3.63) is 84.5 Å². The number of hydrogen-bond donors (Lipinski definition) is 1. The summed E-state index contributed by atoms with van der Waals surface area (Å²) < 4.78 is 1.91. The van der Waals surface area contributed by atoms with Gasteiger partial charge in [-0.3, -0.25) is 0 Å². The van der Waals surface area contributed by atoms with Crippen LogP contribution in [0.25, 0.3) is 11.1 Å². The van der Waals surface area contributed by atoms with Crippen LogP contribution in [0.1, 0.15) is 46.9 Å². The minimum Gasteiger partial charge on any atom is -0.478 e. The van der Waals surface area contributed by atoms with Gasteiger partial charge >= 0.3 is 5.97 Å². The van der Waals surface area contributed by atoms with Gasteiger partial charge in [0, 0.05) is 5.92 Å². The number of hydrogen-bond acceptors (Lipinski definition) is 4. The standard InChI is InChI=1S/C23H23N3O2S/c1-2-3-6-19(13-14-29)22-24-16-25-26(22)15-17-9-11-18(12-10-17)20-7-4-5-8-21(20)23(27)28/h2,4-5,7-12,14,16,19H,1,3,6,13,15H2,(H,27,28). The van der Waals surface area contributed by atoms with Gasteiger partial charge < -0.3 is 5.11 Å². The third-order valence-electron chi connectivity index (χ3n) is 4.87. The summed E-state index contributed by atoms with van der Waals surface area (Å²) in [5.41, 5.74) is 2.94. The van der Waals surface area contributed by atoms with E-state index in [1.165, 1.54) is 0 Å². The van der Waals surface area contributed by atoms with E-state index >= 15 is 0 Å². The molecule has 3 rings (SSSR count). The van der Waals surface area contributed by atoms with Gasteiger partial charge in [-0.2, -0.15) is 5.10 Å². The van der Waals surface area contributed by atoms with Crippen molar-refractivity contribution in [2.45, 2.75) is 31.7 Å². The smallest absolute Gasteiger partial charge is 0.336 e. The number of aromatic nitrogens is 3. The summed E-state index contributed by atoms with van der Waals surface area (Å²) in [5, 5.41) is 15.6. The largest absolute Gasteiger partial charge is 0.478 e. The van der Waals surface area contributed by atoms with Gasteiger partial charge in [-0.05, 0) is 47.4 Å². The Bertz CT molecular complexity index is 995. The molecule has 148 valence electrons. The summed E-state index contributed by atoms with van der Waals surface area (Å²) in [4.78, 5) is 15.9. The van der Waals surface area contributed by atoms with E-state index in [1.807, 2.05) is 47.2 Å². The predicted octanol–water partition coefficient (Wildman–Crippen LogP) is 5.13. The van der Waals surface area contributed by atoms with Gasteiger partial charge in [0.05, 0.1) is 12.1 Å². The molecular weight excluding hydrogens is 382 g/mol. The molecule has 1 aromatic heterocycles. The molecule has 0 spiro atoms. The van der Waals surface area contributed by atoms with Gasteiger partial charge in [0.15, 0.2) is 0 Å². The van der Waals surface area contributed by atoms with Crippen molar-refractivity contribution < 1.29 is 9.90 Å². The number of carboxylic acid groups (broad SMARTS) is 1. The molecule has 0 aliphatic rings. The highest BCUT2D eigenvalue weighted by Crippen LogP contribution is 2.26. The lowest BCUT2D eigenvalue weighted by atomic mass is 9.98. The molecule has 5 nitrogen and oxygen atoms in total. The van der Waals surface area contributed by atoms with Crippen LogP contribution in [0.3, 0.4) is 0 Å². The quantitative estimate of drug-likeness (QED) is 0.374. The van der Waals surface area contributed by atoms with E-state index in [2.05, 4.69) is 16.7 Å². The number of rotatable bonds is 10. The molecule has 0 aliphatic heterocycles. The molecule has 0 radical (unpaired) electrons. The van der Waals surface area contributed by atoms with Crippen LogP contribution in [0.5, 0.6) is 0 Å². The zero-order chi connectivity index (χ0) is 20.6. The molecular formula is C23H23N3O2S. The monoisotopic (exact) mass is 405 g/mol. The van der Waals surface area contributed by atoms with Crippen molar-refractivity contribution in [2.75, 3.05) is 0 Å². The number of allylic oxidation sites excluding steroid dienone is 1. The molecule has 0 amide bonds. The first-order valence-corrected chi connectivity index (χ1v) is 9.95. The molecule has 1 heterocycles. The Morgan fingerprint density at radius 1 is 1.21 bits per heavy atom. The van der Waals surface area contributed by atoms with Crippen molar-refractivity contribution in [2.24, 2.45) is 0 Å². The third kappa shape index (κ3) is 5.03. The number of nitrogens with zero attached hydrogens (tertiary/aromatic N) is 3. The molecule has 6 heteroatoms. The lowest BCUT2D eigenvalue weighted by molar-refractivity contribution is 0.0697.